The molecule has 2 aromatic carbocycles. The zero-order chi connectivity index (χ0) is 17.6. The van der Waals surface area contributed by atoms with Gasteiger partial charge in [0.25, 0.3) is 0 Å². The van der Waals surface area contributed by atoms with Crippen molar-refractivity contribution in [1.82, 2.24) is 15.0 Å². The summed E-state index contributed by atoms with van der Waals surface area (Å²) in [5.74, 6) is -0.732. The third-order valence-corrected chi connectivity index (χ3v) is 4.01. The highest BCUT2D eigenvalue weighted by Crippen LogP contribution is 2.33. The molecule has 2 heterocycles. The van der Waals surface area contributed by atoms with Gasteiger partial charge in [-0.05, 0) is 25.1 Å². The fourth-order valence-electron chi connectivity index (χ4n) is 2.78. The summed E-state index contributed by atoms with van der Waals surface area (Å²) in [5.41, 5.74) is 2.41. The van der Waals surface area contributed by atoms with Gasteiger partial charge in [-0.2, -0.15) is 0 Å². The van der Waals surface area contributed by atoms with E-state index in [0.717, 1.165) is 11.2 Å². The van der Waals surface area contributed by atoms with E-state index in [4.69, 9.17) is 4.74 Å². The molecule has 25 heavy (non-hydrogen) atoms. The van der Waals surface area contributed by atoms with E-state index in [1.807, 2.05) is 6.92 Å². The van der Waals surface area contributed by atoms with Crippen molar-refractivity contribution in [3.8, 4) is 17.4 Å². The molecule has 7 heteroatoms. The van der Waals surface area contributed by atoms with E-state index in [1.165, 1.54) is 18.5 Å². The molecule has 6 nitrogen and oxygen atoms in total. The van der Waals surface area contributed by atoms with Gasteiger partial charge in [0.15, 0.2) is 11.5 Å². The van der Waals surface area contributed by atoms with Crippen molar-refractivity contribution in [2.24, 2.45) is 0 Å². The molecule has 3 N–H and O–H groups in total. The number of rotatable bonds is 3. The van der Waals surface area contributed by atoms with Crippen LogP contribution in [0.2, 0.25) is 0 Å². The fraction of sp³-hybridized carbons (Fsp3) is 0.111. The molecule has 0 spiro atoms. The number of aromatic amines is 1. The van der Waals surface area contributed by atoms with Crippen LogP contribution in [-0.4, -0.2) is 25.2 Å². The quantitative estimate of drug-likeness (QED) is 0.497. The minimum Gasteiger partial charge on any atom is -0.504 e. The maximum absolute atomic E-state index is 14.6. The first kappa shape index (κ1) is 15.2. The van der Waals surface area contributed by atoms with Crippen molar-refractivity contribution in [1.29, 1.82) is 0 Å². The Hall–Kier alpha value is -3.35. The number of fused-ring (bicyclic) bond motifs is 2. The molecule has 126 valence electrons. The normalized spacial score (nSPS) is 11.3. The predicted octanol–water partition coefficient (Wildman–Crippen LogP) is 3.55. The van der Waals surface area contributed by atoms with Gasteiger partial charge in [0, 0.05) is 28.2 Å². The average Bonchev–Trinajstić information content (AvgIpc) is 2.97. The molecule has 0 atom stereocenters. The van der Waals surface area contributed by atoms with Crippen LogP contribution >= 0.6 is 0 Å². The lowest BCUT2D eigenvalue weighted by atomic mass is 10.1. The van der Waals surface area contributed by atoms with Crippen LogP contribution in [-0.2, 0) is 6.61 Å². The number of phenols is 2. The first-order valence-corrected chi connectivity index (χ1v) is 7.59. The summed E-state index contributed by atoms with van der Waals surface area (Å²) in [6.45, 7) is 1.84. The van der Waals surface area contributed by atoms with Gasteiger partial charge in [-0.1, -0.05) is 6.07 Å². The van der Waals surface area contributed by atoms with Crippen LogP contribution in [0.4, 0.5) is 4.39 Å². The van der Waals surface area contributed by atoms with Crippen LogP contribution in [0.5, 0.6) is 17.4 Å². The van der Waals surface area contributed by atoms with Crippen LogP contribution in [0.3, 0.4) is 0 Å². The van der Waals surface area contributed by atoms with Gasteiger partial charge >= 0.3 is 0 Å². The van der Waals surface area contributed by atoms with Crippen LogP contribution in [0.15, 0.2) is 36.7 Å². The summed E-state index contributed by atoms with van der Waals surface area (Å²) in [4.78, 5) is 11.1. The van der Waals surface area contributed by atoms with Gasteiger partial charge in [0.1, 0.15) is 18.8 Å². The second-order valence-electron chi connectivity index (χ2n) is 5.78. The van der Waals surface area contributed by atoms with Gasteiger partial charge in [-0.25, -0.2) is 14.4 Å². The molecule has 4 rings (SSSR count). The van der Waals surface area contributed by atoms with Crippen molar-refractivity contribution < 1.29 is 19.3 Å². The predicted molar refractivity (Wildman–Crippen MR) is 90.2 cm³/mol. The van der Waals surface area contributed by atoms with E-state index in [1.54, 1.807) is 18.2 Å². The molecule has 0 radical (unpaired) electrons. The van der Waals surface area contributed by atoms with Gasteiger partial charge in [-0.15, -0.1) is 0 Å². The van der Waals surface area contributed by atoms with Crippen molar-refractivity contribution in [2.45, 2.75) is 13.5 Å². The van der Waals surface area contributed by atoms with E-state index >= 15 is 0 Å². The highest BCUT2D eigenvalue weighted by molar-refractivity contribution is 5.86. The summed E-state index contributed by atoms with van der Waals surface area (Å²) >= 11 is 0. The molecular formula is C18H14FN3O3. The van der Waals surface area contributed by atoms with Crippen molar-refractivity contribution in [2.75, 3.05) is 0 Å². The summed E-state index contributed by atoms with van der Waals surface area (Å²) < 4.78 is 20.3. The number of nitrogens with zero attached hydrogens (tertiary/aromatic N) is 2. The lowest BCUT2D eigenvalue weighted by molar-refractivity contribution is 0.292. The van der Waals surface area contributed by atoms with Crippen molar-refractivity contribution >= 4 is 21.8 Å². The molecule has 0 bridgehead atoms. The molecule has 0 amide bonds. The average molecular weight is 339 g/mol. The Morgan fingerprint density at radius 2 is 1.88 bits per heavy atom. The zero-order valence-electron chi connectivity index (χ0n) is 13.2. The zero-order valence-corrected chi connectivity index (χ0v) is 13.2. The first-order chi connectivity index (χ1) is 12.0. The maximum Gasteiger partial charge on any atom is 0.224 e. The number of aryl methyl sites for hydroxylation is 1. The number of hydrogen-bond acceptors (Lipinski definition) is 5. The Labute approximate surface area is 141 Å². The summed E-state index contributed by atoms with van der Waals surface area (Å²) in [7, 11) is 0. The first-order valence-electron chi connectivity index (χ1n) is 7.59. The van der Waals surface area contributed by atoms with Crippen LogP contribution in [0, 0.1) is 12.7 Å². The van der Waals surface area contributed by atoms with Gasteiger partial charge in [-0.3, -0.25) is 0 Å². The monoisotopic (exact) mass is 339 g/mol. The minimum atomic E-state index is -0.347. The van der Waals surface area contributed by atoms with Crippen LogP contribution in [0.25, 0.3) is 21.8 Å². The molecule has 0 fully saturated rings. The van der Waals surface area contributed by atoms with Crippen LogP contribution in [0.1, 0.15) is 11.3 Å². The Bertz CT molecular complexity index is 1110. The second-order valence-corrected chi connectivity index (χ2v) is 5.78. The molecule has 0 aliphatic carbocycles. The molecule has 0 saturated carbocycles. The fourth-order valence-corrected chi connectivity index (χ4v) is 2.78. The number of hydrogen-bond donors (Lipinski definition) is 3. The summed E-state index contributed by atoms with van der Waals surface area (Å²) in [5, 5.41) is 20.2. The van der Waals surface area contributed by atoms with Gasteiger partial charge in [0.05, 0.1) is 10.9 Å². The van der Waals surface area contributed by atoms with Gasteiger partial charge < -0.3 is 19.9 Å². The number of benzene rings is 2. The van der Waals surface area contributed by atoms with E-state index in [9.17, 15) is 14.6 Å². The molecule has 2 aromatic heterocycles. The highest BCUT2D eigenvalue weighted by Gasteiger charge is 2.13. The Morgan fingerprint density at radius 3 is 2.72 bits per heavy atom. The molecule has 0 unspecified atom stereocenters. The van der Waals surface area contributed by atoms with Crippen LogP contribution < -0.4 is 4.74 Å². The third kappa shape index (κ3) is 2.59. The number of phenolic OH excluding ortho intramolecular Hbond substituents is 2. The smallest absolute Gasteiger partial charge is 0.224 e. The van der Waals surface area contributed by atoms with E-state index in [-0.39, 0.29) is 29.8 Å². The third-order valence-electron chi connectivity index (χ3n) is 4.01. The second kappa shape index (κ2) is 5.62. The number of H-pyrrole nitrogens is 1. The molecular weight excluding hydrogens is 325 g/mol. The van der Waals surface area contributed by atoms with E-state index < -0.39 is 0 Å². The SMILES string of the molecule is Cc1cc2c(F)c(COc3ncnc4cc(O)c(O)cc34)ccc2[nH]1. The summed E-state index contributed by atoms with van der Waals surface area (Å²) in [6, 6.07) is 7.82. The minimum absolute atomic E-state index is 0.0280. The number of aromatic hydroxyl groups is 2. The lowest BCUT2D eigenvalue weighted by Crippen LogP contribution is -2.01. The molecule has 0 aliphatic heterocycles. The lowest BCUT2D eigenvalue weighted by Gasteiger charge is -2.09. The standard InChI is InChI=1S/C18H14FN3O3/c1-9-4-11-13(22-9)3-2-10(17(11)19)7-25-18-12-5-15(23)16(24)6-14(12)20-8-21-18/h2-6,8,22-24H,7H2,1H3. The topological polar surface area (TPSA) is 91.3 Å². The number of nitrogens with one attached hydrogen (secondary N) is 1. The molecule has 0 saturated heterocycles. The Morgan fingerprint density at radius 1 is 1.08 bits per heavy atom. The van der Waals surface area contributed by atoms with Crippen molar-refractivity contribution in [3.63, 3.8) is 0 Å². The number of halogens is 1. The maximum atomic E-state index is 14.6. The number of aromatic nitrogens is 3. The Kier molecular flexibility index (Phi) is 3.42. The molecule has 0 aliphatic rings. The Balaban J connectivity index is 1.69. The van der Waals surface area contributed by atoms with Gasteiger partial charge in [0.2, 0.25) is 5.88 Å². The summed E-state index contributed by atoms with van der Waals surface area (Å²) in [6.07, 6.45) is 1.28. The van der Waals surface area contributed by atoms with E-state index in [0.29, 0.717) is 21.9 Å². The van der Waals surface area contributed by atoms with Crippen molar-refractivity contribution in [3.05, 3.63) is 53.7 Å². The highest BCUT2D eigenvalue weighted by atomic mass is 19.1. The largest absolute Gasteiger partial charge is 0.504 e. The molecule has 4 aromatic rings. The number of ether oxygens (including phenoxy) is 1. The van der Waals surface area contributed by atoms with E-state index in [2.05, 4.69) is 15.0 Å².